The molecule has 0 radical (unpaired) electrons. The molecule has 2 aromatic rings. The van der Waals surface area contributed by atoms with Gasteiger partial charge in [-0.05, 0) is 18.1 Å². The number of hydrogen-bond donors (Lipinski definition) is 2. The highest BCUT2D eigenvalue weighted by atomic mass is 16.5. The SMILES string of the molecule is COc1cccc(/C=N\Nc2nc(C(C)C)cc(=O)[nH]2)c1OC. The Hall–Kier alpha value is -2.83. The number of nitrogens with one attached hydrogen (secondary N) is 2. The lowest BCUT2D eigenvalue weighted by Gasteiger charge is -2.09. The van der Waals surface area contributed by atoms with Crippen LogP contribution in [0.2, 0.25) is 0 Å². The Bertz CT molecular complexity index is 753. The lowest BCUT2D eigenvalue weighted by atomic mass is 10.1. The van der Waals surface area contributed by atoms with Crippen molar-refractivity contribution in [1.82, 2.24) is 9.97 Å². The maximum Gasteiger partial charge on any atom is 0.252 e. The Morgan fingerprint density at radius 3 is 2.74 bits per heavy atom. The molecule has 0 saturated carbocycles. The van der Waals surface area contributed by atoms with Gasteiger partial charge in [0, 0.05) is 11.6 Å². The Morgan fingerprint density at radius 1 is 1.30 bits per heavy atom. The summed E-state index contributed by atoms with van der Waals surface area (Å²) in [5.41, 5.74) is 3.94. The molecule has 122 valence electrons. The minimum absolute atomic E-state index is 0.153. The Labute approximate surface area is 134 Å². The minimum atomic E-state index is -0.222. The summed E-state index contributed by atoms with van der Waals surface area (Å²) in [7, 11) is 3.14. The molecule has 1 aromatic carbocycles. The van der Waals surface area contributed by atoms with Gasteiger partial charge < -0.3 is 9.47 Å². The van der Waals surface area contributed by atoms with Gasteiger partial charge in [-0.15, -0.1) is 0 Å². The normalized spacial score (nSPS) is 11.0. The van der Waals surface area contributed by atoms with E-state index in [1.54, 1.807) is 26.5 Å². The number of anilines is 1. The summed E-state index contributed by atoms with van der Waals surface area (Å²) in [6.07, 6.45) is 1.57. The van der Waals surface area contributed by atoms with Gasteiger partial charge in [-0.25, -0.2) is 10.4 Å². The number of H-pyrrole nitrogens is 1. The summed E-state index contributed by atoms with van der Waals surface area (Å²) in [6.45, 7) is 3.94. The predicted octanol–water partition coefficient (Wildman–Crippen LogP) is 2.36. The van der Waals surface area contributed by atoms with E-state index < -0.39 is 0 Å². The van der Waals surface area contributed by atoms with Crippen LogP contribution in [0.15, 0.2) is 34.2 Å². The van der Waals surface area contributed by atoms with E-state index in [4.69, 9.17) is 9.47 Å². The second-order valence-electron chi connectivity index (χ2n) is 5.13. The molecule has 0 amide bonds. The molecule has 0 aliphatic rings. The van der Waals surface area contributed by atoms with Crippen LogP contribution >= 0.6 is 0 Å². The quantitative estimate of drug-likeness (QED) is 0.631. The number of aromatic amines is 1. The fraction of sp³-hybridized carbons (Fsp3) is 0.312. The Kier molecular flexibility index (Phi) is 5.35. The van der Waals surface area contributed by atoms with Gasteiger partial charge in [0.05, 0.1) is 26.1 Å². The third kappa shape index (κ3) is 4.09. The number of hydrazone groups is 1. The first-order chi connectivity index (χ1) is 11.0. The van der Waals surface area contributed by atoms with Gasteiger partial charge in [0.1, 0.15) is 0 Å². The monoisotopic (exact) mass is 316 g/mol. The van der Waals surface area contributed by atoms with E-state index in [1.807, 2.05) is 26.0 Å². The Morgan fingerprint density at radius 2 is 2.09 bits per heavy atom. The number of para-hydroxylation sites is 1. The highest BCUT2D eigenvalue weighted by molar-refractivity contribution is 5.85. The number of methoxy groups -OCH3 is 2. The van der Waals surface area contributed by atoms with E-state index in [0.717, 1.165) is 5.56 Å². The first-order valence-electron chi connectivity index (χ1n) is 7.16. The molecule has 0 unspecified atom stereocenters. The molecule has 0 aliphatic carbocycles. The zero-order valence-corrected chi connectivity index (χ0v) is 13.6. The van der Waals surface area contributed by atoms with Crippen molar-refractivity contribution in [2.75, 3.05) is 19.6 Å². The molecule has 0 aliphatic heterocycles. The molecule has 23 heavy (non-hydrogen) atoms. The molecule has 1 aromatic heterocycles. The van der Waals surface area contributed by atoms with Crippen molar-refractivity contribution >= 4 is 12.2 Å². The van der Waals surface area contributed by atoms with Gasteiger partial charge in [0.25, 0.3) is 5.56 Å². The zero-order valence-electron chi connectivity index (χ0n) is 13.6. The lowest BCUT2D eigenvalue weighted by Crippen LogP contribution is -2.12. The third-order valence-electron chi connectivity index (χ3n) is 3.16. The van der Waals surface area contributed by atoms with Crippen LogP contribution in [0.5, 0.6) is 11.5 Å². The van der Waals surface area contributed by atoms with Crippen LogP contribution in [-0.4, -0.2) is 30.4 Å². The molecule has 2 rings (SSSR count). The van der Waals surface area contributed by atoms with Crippen LogP contribution in [0.3, 0.4) is 0 Å². The molecule has 0 fully saturated rings. The smallest absolute Gasteiger partial charge is 0.252 e. The van der Waals surface area contributed by atoms with Gasteiger partial charge in [-0.1, -0.05) is 19.9 Å². The summed E-state index contributed by atoms with van der Waals surface area (Å²) < 4.78 is 10.6. The van der Waals surface area contributed by atoms with Gasteiger partial charge in [0.15, 0.2) is 11.5 Å². The predicted molar refractivity (Wildman–Crippen MR) is 89.7 cm³/mol. The highest BCUT2D eigenvalue weighted by Crippen LogP contribution is 2.29. The van der Waals surface area contributed by atoms with E-state index in [2.05, 4.69) is 20.5 Å². The molecule has 0 saturated heterocycles. The molecular weight excluding hydrogens is 296 g/mol. The van der Waals surface area contributed by atoms with Crippen LogP contribution in [-0.2, 0) is 0 Å². The summed E-state index contributed by atoms with van der Waals surface area (Å²) in [6, 6.07) is 6.95. The van der Waals surface area contributed by atoms with Crippen molar-refractivity contribution in [3.63, 3.8) is 0 Å². The molecule has 1 heterocycles. The van der Waals surface area contributed by atoms with Crippen LogP contribution in [0.25, 0.3) is 0 Å². The Balaban J connectivity index is 2.21. The number of rotatable bonds is 6. The molecule has 2 N–H and O–H groups in total. The molecule has 0 spiro atoms. The van der Waals surface area contributed by atoms with Crippen molar-refractivity contribution in [3.8, 4) is 11.5 Å². The fourth-order valence-electron chi connectivity index (χ4n) is 2.00. The summed E-state index contributed by atoms with van der Waals surface area (Å²) in [4.78, 5) is 18.5. The van der Waals surface area contributed by atoms with Gasteiger partial charge in [0.2, 0.25) is 5.95 Å². The van der Waals surface area contributed by atoms with E-state index in [1.165, 1.54) is 6.07 Å². The zero-order chi connectivity index (χ0) is 16.8. The van der Waals surface area contributed by atoms with Crippen molar-refractivity contribution in [1.29, 1.82) is 0 Å². The molecular formula is C16H20N4O3. The average molecular weight is 316 g/mol. The molecule has 7 nitrogen and oxygen atoms in total. The first-order valence-corrected chi connectivity index (χ1v) is 7.16. The van der Waals surface area contributed by atoms with Crippen molar-refractivity contribution in [2.24, 2.45) is 5.10 Å². The minimum Gasteiger partial charge on any atom is -0.493 e. The van der Waals surface area contributed by atoms with Crippen LogP contribution in [0.4, 0.5) is 5.95 Å². The van der Waals surface area contributed by atoms with Crippen LogP contribution in [0.1, 0.15) is 31.0 Å². The maximum absolute atomic E-state index is 11.6. The van der Waals surface area contributed by atoms with Crippen LogP contribution in [0, 0.1) is 0 Å². The van der Waals surface area contributed by atoms with Crippen molar-refractivity contribution < 1.29 is 9.47 Å². The van der Waals surface area contributed by atoms with E-state index in [-0.39, 0.29) is 11.5 Å². The van der Waals surface area contributed by atoms with E-state index >= 15 is 0 Å². The summed E-state index contributed by atoms with van der Waals surface area (Å²) in [5.74, 6) is 1.64. The summed E-state index contributed by atoms with van der Waals surface area (Å²) >= 11 is 0. The number of benzene rings is 1. The largest absolute Gasteiger partial charge is 0.493 e. The first kappa shape index (κ1) is 16.5. The third-order valence-corrected chi connectivity index (χ3v) is 3.16. The van der Waals surface area contributed by atoms with Gasteiger partial charge in [-0.3, -0.25) is 9.78 Å². The standard InChI is InChI=1S/C16H20N4O3/c1-10(2)12-8-14(21)19-16(18-12)20-17-9-11-6-5-7-13(22-3)15(11)23-4/h5-10H,1-4H3,(H2,18,19,20,21)/b17-9-. The number of nitrogens with zero attached hydrogens (tertiary/aromatic N) is 2. The van der Waals surface area contributed by atoms with Crippen molar-refractivity contribution in [3.05, 3.63) is 45.9 Å². The van der Waals surface area contributed by atoms with E-state index in [0.29, 0.717) is 23.1 Å². The molecule has 0 bridgehead atoms. The van der Waals surface area contributed by atoms with Gasteiger partial charge >= 0.3 is 0 Å². The van der Waals surface area contributed by atoms with Crippen LogP contribution < -0.4 is 20.5 Å². The topological polar surface area (TPSA) is 88.6 Å². The maximum atomic E-state index is 11.6. The average Bonchev–Trinajstić information content (AvgIpc) is 2.53. The van der Waals surface area contributed by atoms with Crippen molar-refractivity contribution in [2.45, 2.75) is 19.8 Å². The van der Waals surface area contributed by atoms with E-state index in [9.17, 15) is 4.79 Å². The molecule has 0 atom stereocenters. The number of ether oxygens (including phenoxy) is 2. The lowest BCUT2D eigenvalue weighted by molar-refractivity contribution is 0.354. The second-order valence-corrected chi connectivity index (χ2v) is 5.13. The highest BCUT2D eigenvalue weighted by Gasteiger charge is 2.07. The fourth-order valence-corrected chi connectivity index (χ4v) is 2.00. The summed E-state index contributed by atoms with van der Waals surface area (Å²) in [5, 5.41) is 4.09. The second kappa shape index (κ2) is 7.44. The molecule has 7 heteroatoms. The van der Waals surface area contributed by atoms with Gasteiger partial charge in [-0.2, -0.15) is 5.10 Å². The number of hydrogen-bond acceptors (Lipinski definition) is 6. The number of aromatic nitrogens is 2.